The molecule has 1 atom stereocenters. The molecule has 3 heterocycles. The molecule has 1 aromatic heterocycles. The van der Waals surface area contributed by atoms with Crippen molar-refractivity contribution in [2.75, 3.05) is 31.1 Å². The van der Waals surface area contributed by atoms with E-state index in [2.05, 4.69) is 33.6 Å². The third-order valence-corrected chi connectivity index (χ3v) is 4.55. The SMILES string of the molecule is CC(C)c1nc(Cl)cc(N2CCC(N3CCCC3)C2)n1. The van der Waals surface area contributed by atoms with Crippen molar-refractivity contribution in [3.05, 3.63) is 17.0 Å². The van der Waals surface area contributed by atoms with Crippen LogP contribution in [0.2, 0.25) is 5.15 Å². The molecule has 0 bridgehead atoms. The molecular formula is C15H23ClN4. The Morgan fingerprint density at radius 3 is 2.65 bits per heavy atom. The van der Waals surface area contributed by atoms with E-state index in [-0.39, 0.29) is 0 Å². The minimum absolute atomic E-state index is 0.310. The molecule has 1 unspecified atom stereocenters. The van der Waals surface area contributed by atoms with Crippen LogP contribution in [0.3, 0.4) is 0 Å². The Bertz CT molecular complexity index is 471. The summed E-state index contributed by atoms with van der Waals surface area (Å²) in [5, 5.41) is 0.559. The molecule has 3 rings (SSSR count). The molecule has 2 saturated heterocycles. The Labute approximate surface area is 126 Å². The number of likely N-dealkylation sites (tertiary alicyclic amines) is 1. The van der Waals surface area contributed by atoms with Gasteiger partial charge < -0.3 is 4.90 Å². The monoisotopic (exact) mass is 294 g/mol. The topological polar surface area (TPSA) is 32.3 Å². The van der Waals surface area contributed by atoms with Gasteiger partial charge in [-0.3, -0.25) is 4.90 Å². The minimum atomic E-state index is 0.310. The molecule has 5 heteroatoms. The van der Waals surface area contributed by atoms with Crippen molar-refractivity contribution >= 4 is 17.4 Å². The lowest BCUT2D eigenvalue weighted by Crippen LogP contribution is -2.35. The summed E-state index contributed by atoms with van der Waals surface area (Å²) in [7, 11) is 0. The average Bonchev–Trinajstić information content (AvgIpc) is 3.09. The molecule has 2 aliphatic rings. The Balaban J connectivity index is 1.73. The molecule has 2 fully saturated rings. The summed E-state index contributed by atoms with van der Waals surface area (Å²) in [5.41, 5.74) is 0. The van der Waals surface area contributed by atoms with Crippen LogP contribution in [0, 0.1) is 0 Å². The van der Waals surface area contributed by atoms with E-state index in [4.69, 9.17) is 11.6 Å². The largest absolute Gasteiger partial charge is 0.355 e. The van der Waals surface area contributed by atoms with Crippen molar-refractivity contribution in [1.29, 1.82) is 0 Å². The summed E-state index contributed by atoms with van der Waals surface area (Å²) in [5.74, 6) is 2.15. The maximum atomic E-state index is 6.15. The van der Waals surface area contributed by atoms with Crippen LogP contribution in [-0.4, -0.2) is 47.1 Å². The Morgan fingerprint density at radius 2 is 1.95 bits per heavy atom. The van der Waals surface area contributed by atoms with Crippen LogP contribution in [0.15, 0.2) is 6.07 Å². The highest BCUT2D eigenvalue weighted by molar-refractivity contribution is 6.29. The predicted octanol–water partition coefficient (Wildman–Crippen LogP) is 2.93. The minimum Gasteiger partial charge on any atom is -0.355 e. The van der Waals surface area contributed by atoms with Crippen LogP contribution in [0.25, 0.3) is 0 Å². The van der Waals surface area contributed by atoms with Crippen LogP contribution in [-0.2, 0) is 0 Å². The fourth-order valence-electron chi connectivity index (χ4n) is 3.20. The zero-order valence-corrected chi connectivity index (χ0v) is 13.1. The Morgan fingerprint density at radius 1 is 1.20 bits per heavy atom. The van der Waals surface area contributed by atoms with E-state index in [0.717, 1.165) is 24.7 Å². The summed E-state index contributed by atoms with van der Waals surface area (Å²) in [6.07, 6.45) is 3.94. The number of rotatable bonds is 3. The van der Waals surface area contributed by atoms with Crippen molar-refractivity contribution in [1.82, 2.24) is 14.9 Å². The van der Waals surface area contributed by atoms with E-state index >= 15 is 0 Å². The second kappa shape index (κ2) is 5.86. The second-order valence-corrected chi connectivity index (χ2v) is 6.58. The summed E-state index contributed by atoms with van der Waals surface area (Å²) < 4.78 is 0. The summed E-state index contributed by atoms with van der Waals surface area (Å²) in [6, 6.07) is 2.59. The number of hydrogen-bond donors (Lipinski definition) is 0. The van der Waals surface area contributed by atoms with E-state index in [1.807, 2.05) is 6.07 Å². The zero-order valence-electron chi connectivity index (χ0n) is 12.3. The standard InChI is InChI=1S/C15H23ClN4/c1-11(2)15-17-13(16)9-14(18-15)20-8-5-12(10-20)19-6-3-4-7-19/h9,11-12H,3-8,10H2,1-2H3. The maximum absolute atomic E-state index is 6.15. The lowest BCUT2D eigenvalue weighted by atomic mass is 10.2. The Hall–Kier alpha value is -0.870. The summed E-state index contributed by atoms with van der Waals surface area (Å²) >= 11 is 6.15. The molecule has 0 radical (unpaired) electrons. The van der Waals surface area contributed by atoms with Gasteiger partial charge in [0, 0.05) is 31.1 Å². The fraction of sp³-hybridized carbons (Fsp3) is 0.733. The predicted molar refractivity (Wildman–Crippen MR) is 82.6 cm³/mol. The lowest BCUT2D eigenvalue weighted by Gasteiger charge is -2.24. The van der Waals surface area contributed by atoms with Crippen molar-refractivity contribution in [3.8, 4) is 0 Å². The first-order chi connectivity index (χ1) is 9.63. The van der Waals surface area contributed by atoms with Crippen LogP contribution < -0.4 is 4.90 Å². The number of nitrogens with zero attached hydrogens (tertiary/aromatic N) is 4. The van der Waals surface area contributed by atoms with Gasteiger partial charge >= 0.3 is 0 Å². The van der Waals surface area contributed by atoms with Gasteiger partial charge in [0.15, 0.2) is 0 Å². The van der Waals surface area contributed by atoms with Gasteiger partial charge in [-0.15, -0.1) is 0 Å². The molecule has 1 aromatic rings. The van der Waals surface area contributed by atoms with Crippen LogP contribution in [0.1, 0.15) is 44.9 Å². The van der Waals surface area contributed by atoms with Crippen molar-refractivity contribution in [2.24, 2.45) is 0 Å². The van der Waals surface area contributed by atoms with Crippen LogP contribution >= 0.6 is 11.6 Å². The van der Waals surface area contributed by atoms with E-state index in [9.17, 15) is 0 Å². The second-order valence-electron chi connectivity index (χ2n) is 6.19. The lowest BCUT2D eigenvalue weighted by molar-refractivity contribution is 0.260. The zero-order chi connectivity index (χ0) is 14.1. The fourth-order valence-corrected chi connectivity index (χ4v) is 3.38. The normalized spacial score (nSPS) is 24.0. The summed E-state index contributed by atoms with van der Waals surface area (Å²) in [4.78, 5) is 14.0. The Kier molecular flexibility index (Phi) is 4.13. The molecule has 2 aliphatic heterocycles. The van der Waals surface area contributed by atoms with Gasteiger partial charge in [0.2, 0.25) is 0 Å². The number of anilines is 1. The molecule has 20 heavy (non-hydrogen) atoms. The highest BCUT2D eigenvalue weighted by atomic mass is 35.5. The molecule has 0 amide bonds. The quantitative estimate of drug-likeness (QED) is 0.803. The first-order valence-corrected chi connectivity index (χ1v) is 8.05. The molecule has 0 N–H and O–H groups in total. The van der Waals surface area contributed by atoms with Gasteiger partial charge in [-0.1, -0.05) is 25.4 Å². The number of hydrogen-bond acceptors (Lipinski definition) is 4. The summed E-state index contributed by atoms with van der Waals surface area (Å²) in [6.45, 7) is 8.89. The molecule has 110 valence electrons. The smallest absolute Gasteiger partial charge is 0.135 e. The molecular weight excluding hydrogens is 272 g/mol. The first kappa shape index (κ1) is 14.1. The van der Waals surface area contributed by atoms with Crippen molar-refractivity contribution < 1.29 is 0 Å². The highest BCUT2D eigenvalue weighted by Crippen LogP contribution is 2.26. The van der Waals surface area contributed by atoms with Crippen LogP contribution in [0.5, 0.6) is 0 Å². The van der Waals surface area contributed by atoms with E-state index in [1.165, 1.54) is 32.4 Å². The number of aromatic nitrogens is 2. The molecule has 4 nitrogen and oxygen atoms in total. The van der Waals surface area contributed by atoms with Gasteiger partial charge in [-0.25, -0.2) is 9.97 Å². The molecule has 0 aromatic carbocycles. The number of halogens is 1. The van der Waals surface area contributed by atoms with Crippen molar-refractivity contribution in [3.63, 3.8) is 0 Å². The maximum Gasteiger partial charge on any atom is 0.135 e. The average molecular weight is 295 g/mol. The molecule has 0 saturated carbocycles. The molecule has 0 spiro atoms. The van der Waals surface area contributed by atoms with E-state index in [1.54, 1.807) is 0 Å². The van der Waals surface area contributed by atoms with Crippen molar-refractivity contribution in [2.45, 2.75) is 45.1 Å². The third-order valence-electron chi connectivity index (χ3n) is 4.36. The van der Waals surface area contributed by atoms with E-state index in [0.29, 0.717) is 17.1 Å². The van der Waals surface area contributed by atoms with E-state index < -0.39 is 0 Å². The van der Waals surface area contributed by atoms with Gasteiger partial charge in [0.1, 0.15) is 16.8 Å². The van der Waals surface area contributed by atoms with Gasteiger partial charge in [-0.05, 0) is 32.4 Å². The van der Waals surface area contributed by atoms with Gasteiger partial charge in [0.25, 0.3) is 0 Å². The van der Waals surface area contributed by atoms with Crippen LogP contribution in [0.4, 0.5) is 5.82 Å². The van der Waals surface area contributed by atoms with Gasteiger partial charge in [-0.2, -0.15) is 0 Å². The first-order valence-electron chi connectivity index (χ1n) is 7.67. The van der Waals surface area contributed by atoms with Gasteiger partial charge in [0.05, 0.1) is 0 Å². The molecule has 0 aliphatic carbocycles. The highest BCUT2D eigenvalue weighted by Gasteiger charge is 2.30. The third kappa shape index (κ3) is 2.91.